The van der Waals surface area contributed by atoms with E-state index in [1.54, 1.807) is 0 Å². The Hall–Kier alpha value is -0.850. The molecule has 28 heavy (non-hydrogen) atoms. The summed E-state index contributed by atoms with van der Waals surface area (Å²) in [7, 11) is 0. The SMILES string of the molecule is CC1CN(Cc2ccc(CNC(=O)CCCCCCN)cc2)CC(C)O1.Cl.Cl. The van der Waals surface area contributed by atoms with Crippen LogP contribution < -0.4 is 11.1 Å². The number of nitrogens with two attached hydrogens (primary N) is 1. The first-order valence-electron chi connectivity index (χ1n) is 9.99. The van der Waals surface area contributed by atoms with Crippen molar-refractivity contribution in [1.82, 2.24) is 10.2 Å². The molecule has 1 amide bonds. The van der Waals surface area contributed by atoms with Gasteiger partial charge in [0, 0.05) is 32.6 Å². The molecule has 1 aromatic carbocycles. The number of hydrogen-bond acceptors (Lipinski definition) is 4. The first-order valence-corrected chi connectivity index (χ1v) is 9.99. The Morgan fingerprint density at radius 2 is 1.61 bits per heavy atom. The van der Waals surface area contributed by atoms with Gasteiger partial charge in [-0.05, 0) is 44.4 Å². The van der Waals surface area contributed by atoms with Gasteiger partial charge in [-0.2, -0.15) is 0 Å². The Morgan fingerprint density at radius 1 is 1.04 bits per heavy atom. The van der Waals surface area contributed by atoms with Crippen molar-refractivity contribution in [2.45, 2.75) is 71.2 Å². The second kappa shape index (κ2) is 15.1. The van der Waals surface area contributed by atoms with E-state index in [-0.39, 0.29) is 30.7 Å². The number of nitrogens with one attached hydrogen (secondary N) is 1. The Balaban J connectivity index is 0.00000364. The molecule has 0 aliphatic carbocycles. The van der Waals surface area contributed by atoms with Gasteiger partial charge in [0.2, 0.25) is 5.91 Å². The van der Waals surface area contributed by atoms with Crippen LogP contribution >= 0.6 is 24.8 Å². The van der Waals surface area contributed by atoms with Crippen LogP contribution in [-0.2, 0) is 22.6 Å². The summed E-state index contributed by atoms with van der Waals surface area (Å²) in [6.45, 7) is 8.52. The van der Waals surface area contributed by atoms with Gasteiger partial charge in [0.25, 0.3) is 0 Å². The van der Waals surface area contributed by atoms with Gasteiger partial charge >= 0.3 is 0 Å². The summed E-state index contributed by atoms with van der Waals surface area (Å²) < 4.78 is 5.79. The van der Waals surface area contributed by atoms with Gasteiger partial charge in [0.1, 0.15) is 0 Å². The molecule has 1 heterocycles. The van der Waals surface area contributed by atoms with Crippen LogP contribution in [0.15, 0.2) is 24.3 Å². The number of rotatable bonds is 10. The van der Waals surface area contributed by atoms with Crippen molar-refractivity contribution in [3.63, 3.8) is 0 Å². The third-order valence-electron chi connectivity index (χ3n) is 4.77. The lowest BCUT2D eigenvalue weighted by Gasteiger charge is -2.35. The van der Waals surface area contributed by atoms with E-state index in [9.17, 15) is 4.79 Å². The number of morpholine rings is 1. The van der Waals surface area contributed by atoms with Crippen LogP contribution in [0.25, 0.3) is 0 Å². The van der Waals surface area contributed by atoms with E-state index in [4.69, 9.17) is 10.5 Å². The molecule has 2 atom stereocenters. The van der Waals surface area contributed by atoms with Crippen molar-refractivity contribution in [2.75, 3.05) is 19.6 Å². The number of hydrogen-bond donors (Lipinski definition) is 2. The highest BCUT2D eigenvalue weighted by Gasteiger charge is 2.21. The zero-order valence-electron chi connectivity index (χ0n) is 17.2. The molecule has 0 spiro atoms. The van der Waals surface area contributed by atoms with E-state index in [2.05, 4.69) is 48.3 Å². The normalized spacial score (nSPS) is 19.4. The number of nitrogens with zero attached hydrogens (tertiary/aromatic N) is 1. The van der Waals surface area contributed by atoms with Crippen LogP contribution in [0.5, 0.6) is 0 Å². The first kappa shape index (κ1) is 27.1. The van der Waals surface area contributed by atoms with Crippen molar-refractivity contribution in [1.29, 1.82) is 0 Å². The molecule has 2 unspecified atom stereocenters. The average molecular weight is 434 g/mol. The van der Waals surface area contributed by atoms with Crippen LogP contribution in [0.4, 0.5) is 0 Å². The number of ether oxygens (including phenoxy) is 1. The number of amides is 1. The van der Waals surface area contributed by atoms with Crippen LogP contribution in [0.2, 0.25) is 0 Å². The molecule has 0 bridgehead atoms. The van der Waals surface area contributed by atoms with Crippen molar-refractivity contribution in [2.24, 2.45) is 5.73 Å². The van der Waals surface area contributed by atoms with E-state index in [1.165, 1.54) is 5.56 Å². The third kappa shape index (κ3) is 10.6. The number of halogens is 2. The second-order valence-electron chi connectivity index (χ2n) is 7.50. The lowest BCUT2D eigenvalue weighted by molar-refractivity contribution is -0.121. The number of benzene rings is 1. The summed E-state index contributed by atoms with van der Waals surface area (Å²) in [6.07, 6.45) is 5.39. The zero-order valence-corrected chi connectivity index (χ0v) is 18.8. The smallest absolute Gasteiger partial charge is 0.220 e. The molecule has 0 saturated carbocycles. The molecule has 1 aliphatic heterocycles. The number of carbonyl (C=O) groups excluding carboxylic acids is 1. The van der Waals surface area contributed by atoms with Crippen LogP contribution in [0, 0.1) is 0 Å². The average Bonchev–Trinajstić information content (AvgIpc) is 2.60. The maximum atomic E-state index is 11.9. The van der Waals surface area contributed by atoms with Crippen molar-refractivity contribution >= 4 is 30.7 Å². The topological polar surface area (TPSA) is 67.6 Å². The fraction of sp³-hybridized carbons (Fsp3) is 0.667. The molecule has 162 valence electrons. The van der Waals surface area contributed by atoms with E-state index < -0.39 is 0 Å². The molecule has 1 aromatic rings. The van der Waals surface area contributed by atoms with Crippen molar-refractivity contribution in [3.05, 3.63) is 35.4 Å². The third-order valence-corrected chi connectivity index (χ3v) is 4.77. The van der Waals surface area contributed by atoms with E-state index >= 15 is 0 Å². The number of unbranched alkanes of at least 4 members (excludes halogenated alkanes) is 3. The summed E-state index contributed by atoms with van der Waals surface area (Å²) >= 11 is 0. The molecular formula is C21H37Cl2N3O2. The summed E-state index contributed by atoms with van der Waals surface area (Å²) in [6, 6.07) is 8.56. The minimum Gasteiger partial charge on any atom is -0.373 e. The van der Waals surface area contributed by atoms with Crippen molar-refractivity contribution < 1.29 is 9.53 Å². The highest BCUT2D eigenvalue weighted by atomic mass is 35.5. The maximum absolute atomic E-state index is 11.9. The predicted molar refractivity (Wildman–Crippen MR) is 120 cm³/mol. The Kier molecular flexibility index (Phi) is 14.6. The van der Waals surface area contributed by atoms with E-state index in [0.29, 0.717) is 25.2 Å². The molecule has 1 fully saturated rings. The minimum atomic E-state index is 0. The zero-order chi connectivity index (χ0) is 18.8. The largest absolute Gasteiger partial charge is 0.373 e. The van der Waals surface area contributed by atoms with Gasteiger partial charge in [-0.1, -0.05) is 37.1 Å². The van der Waals surface area contributed by atoms with Gasteiger partial charge in [0.05, 0.1) is 12.2 Å². The highest BCUT2D eigenvalue weighted by Crippen LogP contribution is 2.15. The Bertz CT molecular complexity index is 533. The molecule has 0 aromatic heterocycles. The predicted octanol–water partition coefficient (Wildman–Crippen LogP) is 3.66. The van der Waals surface area contributed by atoms with Crippen LogP contribution in [0.3, 0.4) is 0 Å². The summed E-state index contributed by atoms with van der Waals surface area (Å²) in [4.78, 5) is 14.3. The molecule has 1 saturated heterocycles. The summed E-state index contributed by atoms with van der Waals surface area (Å²) in [5.74, 6) is 0.137. The first-order chi connectivity index (χ1) is 12.6. The standard InChI is InChI=1S/C21H35N3O2.2ClH/c1-17-14-24(15-18(2)26-17)16-20-10-8-19(9-11-20)13-23-21(25)7-5-3-4-6-12-22;;/h8-11,17-18H,3-7,12-16,22H2,1-2H3,(H,23,25);2*1H. The van der Waals surface area contributed by atoms with Crippen LogP contribution in [0.1, 0.15) is 57.1 Å². The van der Waals surface area contributed by atoms with E-state index in [1.807, 2.05) is 0 Å². The highest BCUT2D eigenvalue weighted by molar-refractivity contribution is 5.85. The lowest BCUT2D eigenvalue weighted by atomic mass is 10.1. The Labute approximate surface area is 182 Å². The molecule has 5 nitrogen and oxygen atoms in total. The van der Waals surface area contributed by atoms with Gasteiger partial charge in [0.15, 0.2) is 0 Å². The quantitative estimate of drug-likeness (QED) is 0.552. The monoisotopic (exact) mass is 433 g/mol. The number of carbonyl (C=O) groups is 1. The summed E-state index contributed by atoms with van der Waals surface area (Å²) in [5, 5.41) is 3.01. The molecule has 2 rings (SSSR count). The van der Waals surface area contributed by atoms with E-state index in [0.717, 1.165) is 57.4 Å². The molecule has 0 radical (unpaired) electrons. The lowest BCUT2D eigenvalue weighted by Crippen LogP contribution is -2.44. The second-order valence-corrected chi connectivity index (χ2v) is 7.50. The van der Waals surface area contributed by atoms with Gasteiger partial charge < -0.3 is 15.8 Å². The van der Waals surface area contributed by atoms with Gasteiger partial charge in [-0.3, -0.25) is 9.69 Å². The van der Waals surface area contributed by atoms with Crippen molar-refractivity contribution in [3.8, 4) is 0 Å². The molecule has 1 aliphatic rings. The molecule has 3 N–H and O–H groups in total. The molecular weight excluding hydrogens is 397 g/mol. The fourth-order valence-electron chi connectivity index (χ4n) is 3.51. The minimum absolute atomic E-state index is 0. The van der Waals surface area contributed by atoms with Gasteiger partial charge in [-0.15, -0.1) is 24.8 Å². The Morgan fingerprint density at radius 3 is 2.21 bits per heavy atom. The van der Waals surface area contributed by atoms with Gasteiger partial charge in [-0.25, -0.2) is 0 Å². The summed E-state index contributed by atoms with van der Waals surface area (Å²) in [5.41, 5.74) is 7.92. The van der Waals surface area contributed by atoms with Crippen LogP contribution in [-0.4, -0.2) is 42.6 Å². The fourth-order valence-corrected chi connectivity index (χ4v) is 3.51. The molecule has 7 heteroatoms. The maximum Gasteiger partial charge on any atom is 0.220 e.